The lowest BCUT2D eigenvalue weighted by atomic mass is 9.76. The van der Waals surface area contributed by atoms with Crippen LogP contribution in [0.3, 0.4) is 0 Å². The Morgan fingerprint density at radius 1 is 1.11 bits per heavy atom. The minimum atomic E-state index is 0.623. The maximum Gasteiger partial charge on any atom is 0.0280 e. The molecule has 1 aliphatic carbocycles. The van der Waals surface area contributed by atoms with E-state index in [1.807, 2.05) is 0 Å². The number of hydrogen-bond acceptors (Lipinski definition) is 1. The summed E-state index contributed by atoms with van der Waals surface area (Å²) in [6.07, 6.45) is 12.3. The van der Waals surface area contributed by atoms with Crippen molar-refractivity contribution in [3.63, 3.8) is 0 Å². The Morgan fingerprint density at radius 3 is 2.28 bits per heavy atom. The van der Waals surface area contributed by atoms with E-state index in [-0.39, 0.29) is 0 Å². The molecule has 0 heterocycles. The van der Waals surface area contributed by atoms with Gasteiger partial charge in [0.05, 0.1) is 0 Å². The van der Waals surface area contributed by atoms with E-state index >= 15 is 0 Å². The molecule has 0 spiro atoms. The third-order valence-corrected chi connectivity index (χ3v) is 4.24. The number of allylic oxidation sites excluding steroid dienone is 1. The van der Waals surface area contributed by atoms with Gasteiger partial charge in [0.15, 0.2) is 0 Å². The summed E-state index contributed by atoms with van der Waals surface area (Å²) in [6.45, 7) is 10.2. The van der Waals surface area contributed by atoms with Crippen molar-refractivity contribution in [3.05, 3.63) is 11.6 Å². The zero-order valence-corrected chi connectivity index (χ0v) is 13.0. The average Bonchev–Trinajstić information content (AvgIpc) is 2.35. The molecule has 1 rings (SSSR count). The van der Waals surface area contributed by atoms with E-state index in [4.69, 9.17) is 0 Å². The van der Waals surface area contributed by atoms with Gasteiger partial charge in [-0.05, 0) is 51.5 Å². The topological polar surface area (TPSA) is 12.0 Å². The average molecular weight is 251 g/mol. The van der Waals surface area contributed by atoms with Crippen molar-refractivity contribution < 1.29 is 0 Å². The van der Waals surface area contributed by atoms with Crippen molar-refractivity contribution in [1.29, 1.82) is 0 Å². The number of rotatable bonds is 7. The predicted octanol–water partition coefficient (Wildman–Crippen LogP) is 4.93. The van der Waals surface area contributed by atoms with Crippen molar-refractivity contribution >= 4 is 0 Å². The highest BCUT2D eigenvalue weighted by Crippen LogP contribution is 2.33. The van der Waals surface area contributed by atoms with Crippen LogP contribution < -0.4 is 5.32 Å². The molecule has 1 unspecified atom stereocenters. The first-order valence-electron chi connectivity index (χ1n) is 8.05. The summed E-state index contributed by atoms with van der Waals surface area (Å²) in [5, 5.41) is 3.74. The van der Waals surface area contributed by atoms with E-state index in [2.05, 4.69) is 39.1 Å². The summed E-state index contributed by atoms with van der Waals surface area (Å²) in [5.41, 5.74) is 1.46. The smallest absolute Gasteiger partial charge is 0.0280 e. The first-order chi connectivity index (χ1) is 8.67. The summed E-state index contributed by atoms with van der Waals surface area (Å²) in [6, 6.07) is 0.623. The Labute approximate surface area is 114 Å². The van der Waals surface area contributed by atoms with Gasteiger partial charge >= 0.3 is 0 Å². The molecule has 1 fully saturated rings. The highest BCUT2D eigenvalue weighted by molar-refractivity contribution is 5.04. The van der Waals surface area contributed by atoms with Crippen molar-refractivity contribution in [3.8, 4) is 0 Å². The Balaban J connectivity index is 2.46. The molecule has 18 heavy (non-hydrogen) atoms. The Hall–Kier alpha value is -0.300. The third-order valence-electron chi connectivity index (χ3n) is 4.24. The van der Waals surface area contributed by atoms with Crippen LogP contribution in [-0.4, -0.2) is 12.6 Å². The van der Waals surface area contributed by atoms with Crippen LogP contribution in [0.1, 0.15) is 72.6 Å². The van der Waals surface area contributed by atoms with Gasteiger partial charge in [0, 0.05) is 6.04 Å². The maximum atomic E-state index is 3.74. The number of nitrogens with one attached hydrogen (secondary N) is 1. The van der Waals surface area contributed by atoms with Crippen LogP contribution >= 0.6 is 0 Å². The predicted molar refractivity (Wildman–Crippen MR) is 81.9 cm³/mol. The molecule has 1 nitrogen and oxygen atoms in total. The van der Waals surface area contributed by atoms with Crippen molar-refractivity contribution in [2.45, 2.75) is 78.7 Å². The molecule has 0 amide bonds. The molecule has 0 bridgehead atoms. The van der Waals surface area contributed by atoms with Crippen LogP contribution in [-0.2, 0) is 0 Å². The van der Waals surface area contributed by atoms with E-state index < -0.39 is 0 Å². The van der Waals surface area contributed by atoms with E-state index in [1.54, 1.807) is 0 Å². The molecular weight excluding hydrogens is 218 g/mol. The summed E-state index contributed by atoms with van der Waals surface area (Å²) < 4.78 is 0. The second kappa shape index (κ2) is 8.74. The van der Waals surface area contributed by atoms with Crippen LogP contribution in [0.5, 0.6) is 0 Å². The van der Waals surface area contributed by atoms with Gasteiger partial charge in [0.1, 0.15) is 0 Å². The van der Waals surface area contributed by atoms with Crippen LogP contribution in [0.25, 0.3) is 0 Å². The zero-order chi connectivity index (χ0) is 13.4. The van der Waals surface area contributed by atoms with Crippen molar-refractivity contribution in [1.82, 2.24) is 5.32 Å². The molecular formula is C17H33N. The lowest BCUT2D eigenvalue weighted by Crippen LogP contribution is -2.37. The SMILES string of the molecule is CCCNC(C=C(C)C)C1CCC(CCC)CC1. The van der Waals surface area contributed by atoms with Gasteiger partial charge in [-0.15, -0.1) is 0 Å². The summed E-state index contributed by atoms with van der Waals surface area (Å²) in [4.78, 5) is 0. The van der Waals surface area contributed by atoms with Gasteiger partial charge in [-0.1, -0.05) is 51.2 Å². The second-order valence-electron chi connectivity index (χ2n) is 6.29. The van der Waals surface area contributed by atoms with E-state index in [0.29, 0.717) is 6.04 Å². The molecule has 1 N–H and O–H groups in total. The fourth-order valence-corrected chi connectivity index (χ4v) is 3.28. The second-order valence-corrected chi connectivity index (χ2v) is 6.29. The van der Waals surface area contributed by atoms with Gasteiger partial charge < -0.3 is 5.32 Å². The first-order valence-corrected chi connectivity index (χ1v) is 8.05. The standard InChI is InChI=1S/C17H33N/c1-5-7-15-8-10-16(11-9-15)17(13-14(3)4)18-12-6-2/h13,15-18H,5-12H2,1-4H3. The molecule has 0 radical (unpaired) electrons. The molecule has 1 saturated carbocycles. The van der Waals surface area contributed by atoms with Crippen molar-refractivity contribution in [2.24, 2.45) is 11.8 Å². The quantitative estimate of drug-likeness (QED) is 0.633. The van der Waals surface area contributed by atoms with Gasteiger partial charge in [-0.25, -0.2) is 0 Å². The molecule has 0 aromatic rings. The fourth-order valence-electron chi connectivity index (χ4n) is 3.28. The Bertz CT molecular complexity index is 232. The molecule has 106 valence electrons. The lowest BCUT2D eigenvalue weighted by Gasteiger charge is -2.33. The number of hydrogen-bond donors (Lipinski definition) is 1. The van der Waals surface area contributed by atoms with Crippen LogP contribution in [0.15, 0.2) is 11.6 Å². The molecule has 0 aromatic carbocycles. The van der Waals surface area contributed by atoms with E-state index in [1.165, 1.54) is 50.5 Å². The summed E-state index contributed by atoms with van der Waals surface area (Å²) in [5.74, 6) is 1.89. The molecule has 1 atom stereocenters. The molecule has 0 saturated heterocycles. The molecule has 0 aromatic heterocycles. The van der Waals surface area contributed by atoms with Crippen molar-refractivity contribution in [2.75, 3.05) is 6.54 Å². The normalized spacial score (nSPS) is 25.8. The largest absolute Gasteiger partial charge is 0.310 e. The fraction of sp³-hybridized carbons (Fsp3) is 0.882. The first kappa shape index (κ1) is 15.8. The van der Waals surface area contributed by atoms with E-state index in [0.717, 1.165) is 18.4 Å². The van der Waals surface area contributed by atoms with Crippen LogP contribution in [0.2, 0.25) is 0 Å². The van der Waals surface area contributed by atoms with E-state index in [9.17, 15) is 0 Å². The third kappa shape index (κ3) is 5.56. The highest BCUT2D eigenvalue weighted by atomic mass is 14.9. The molecule has 0 aliphatic heterocycles. The van der Waals surface area contributed by atoms with Crippen LogP contribution in [0, 0.1) is 11.8 Å². The minimum absolute atomic E-state index is 0.623. The van der Waals surface area contributed by atoms with Gasteiger partial charge in [0.2, 0.25) is 0 Å². The van der Waals surface area contributed by atoms with Gasteiger partial charge in [-0.3, -0.25) is 0 Å². The monoisotopic (exact) mass is 251 g/mol. The van der Waals surface area contributed by atoms with Crippen LogP contribution in [0.4, 0.5) is 0 Å². The minimum Gasteiger partial charge on any atom is -0.310 e. The zero-order valence-electron chi connectivity index (χ0n) is 13.0. The Kier molecular flexibility index (Phi) is 7.65. The summed E-state index contributed by atoms with van der Waals surface area (Å²) in [7, 11) is 0. The maximum absolute atomic E-state index is 3.74. The van der Waals surface area contributed by atoms with Gasteiger partial charge in [0.25, 0.3) is 0 Å². The molecule has 1 heteroatoms. The highest BCUT2D eigenvalue weighted by Gasteiger charge is 2.25. The lowest BCUT2D eigenvalue weighted by molar-refractivity contribution is 0.232. The Morgan fingerprint density at radius 2 is 1.78 bits per heavy atom. The summed E-state index contributed by atoms with van der Waals surface area (Å²) >= 11 is 0. The molecule has 1 aliphatic rings. The van der Waals surface area contributed by atoms with Gasteiger partial charge in [-0.2, -0.15) is 0 Å².